The Morgan fingerprint density at radius 1 is 1.22 bits per heavy atom. The van der Waals surface area contributed by atoms with Crippen molar-refractivity contribution in [2.24, 2.45) is 0 Å². The molecule has 0 radical (unpaired) electrons. The molecule has 1 atom stereocenters. The second kappa shape index (κ2) is 7.58. The Balaban J connectivity index is 1.65. The summed E-state index contributed by atoms with van der Waals surface area (Å²) in [6.45, 7) is -0.422. The van der Waals surface area contributed by atoms with Crippen LogP contribution in [-0.4, -0.2) is 56.4 Å². The van der Waals surface area contributed by atoms with E-state index in [1.165, 1.54) is 24.1 Å². The third kappa shape index (κ3) is 4.15. The minimum absolute atomic E-state index is 0.0529. The molecule has 1 heterocycles. The van der Waals surface area contributed by atoms with Gasteiger partial charge < -0.3 is 9.64 Å². The lowest BCUT2D eigenvalue weighted by molar-refractivity contribution is -0.157. The molecule has 1 aromatic rings. The number of carbonyl (C=O) groups excluding carboxylic acids is 2. The number of benzene rings is 1. The van der Waals surface area contributed by atoms with Gasteiger partial charge in [0.15, 0.2) is 16.4 Å². The van der Waals surface area contributed by atoms with Crippen molar-refractivity contribution in [1.29, 1.82) is 0 Å². The van der Waals surface area contributed by atoms with E-state index < -0.39 is 33.7 Å². The summed E-state index contributed by atoms with van der Waals surface area (Å²) >= 11 is 0. The first-order chi connectivity index (χ1) is 12.7. The summed E-state index contributed by atoms with van der Waals surface area (Å²) in [5, 5.41) is 0. The molecule has 27 heavy (non-hydrogen) atoms. The van der Waals surface area contributed by atoms with E-state index >= 15 is 0 Å². The highest BCUT2D eigenvalue weighted by molar-refractivity contribution is 7.91. The van der Waals surface area contributed by atoms with Gasteiger partial charge in [-0.2, -0.15) is 0 Å². The second-order valence-electron chi connectivity index (χ2n) is 7.43. The van der Waals surface area contributed by atoms with Gasteiger partial charge in [0.05, 0.1) is 16.9 Å². The number of esters is 1. The zero-order valence-electron chi connectivity index (χ0n) is 15.3. The lowest BCUT2D eigenvalue weighted by Gasteiger charge is -2.28. The number of amides is 1. The van der Waals surface area contributed by atoms with Crippen molar-refractivity contribution in [3.05, 3.63) is 35.6 Å². The van der Waals surface area contributed by atoms with Crippen LogP contribution < -0.4 is 0 Å². The monoisotopic (exact) mass is 397 g/mol. The largest absolute Gasteiger partial charge is 0.455 e. The van der Waals surface area contributed by atoms with Gasteiger partial charge >= 0.3 is 5.97 Å². The minimum Gasteiger partial charge on any atom is -0.455 e. The number of halogens is 1. The van der Waals surface area contributed by atoms with Crippen molar-refractivity contribution in [3.8, 4) is 0 Å². The summed E-state index contributed by atoms with van der Waals surface area (Å²) < 4.78 is 41.7. The number of nitrogens with zero attached hydrogens (tertiary/aromatic N) is 1. The average Bonchev–Trinajstić information content (AvgIpc) is 3.26. The van der Waals surface area contributed by atoms with Crippen LogP contribution in [-0.2, 0) is 29.6 Å². The van der Waals surface area contributed by atoms with Crippen LogP contribution in [0.2, 0.25) is 0 Å². The smallest absolute Gasteiger partial charge is 0.317 e. The van der Waals surface area contributed by atoms with Crippen LogP contribution in [0.25, 0.3) is 0 Å². The van der Waals surface area contributed by atoms with Crippen molar-refractivity contribution in [1.82, 2.24) is 4.90 Å². The van der Waals surface area contributed by atoms with Gasteiger partial charge in [-0.25, -0.2) is 12.8 Å². The molecule has 1 amide bonds. The molecule has 0 bridgehead atoms. The highest BCUT2D eigenvalue weighted by Crippen LogP contribution is 2.42. The molecule has 3 rings (SSSR count). The van der Waals surface area contributed by atoms with Gasteiger partial charge in [0.1, 0.15) is 5.82 Å². The molecule has 2 fully saturated rings. The second-order valence-corrected chi connectivity index (χ2v) is 9.66. The summed E-state index contributed by atoms with van der Waals surface area (Å²) in [6.07, 6.45) is 3.32. The number of hydrogen-bond acceptors (Lipinski definition) is 5. The Morgan fingerprint density at radius 2 is 1.85 bits per heavy atom. The van der Waals surface area contributed by atoms with Crippen LogP contribution in [0.1, 0.15) is 37.7 Å². The molecule has 0 aromatic heterocycles. The fraction of sp³-hybridized carbons (Fsp3) is 0.579. The topological polar surface area (TPSA) is 80.8 Å². The number of likely N-dealkylation sites (N-methyl/N-ethyl adjacent to an activating group) is 1. The van der Waals surface area contributed by atoms with Crippen LogP contribution in [0.5, 0.6) is 0 Å². The number of rotatable bonds is 5. The van der Waals surface area contributed by atoms with Crippen molar-refractivity contribution < 1.29 is 27.1 Å². The first-order valence-electron chi connectivity index (χ1n) is 9.13. The van der Waals surface area contributed by atoms with Crippen molar-refractivity contribution >= 4 is 21.7 Å². The SMILES string of the molecule is CN(C(=O)COC(=O)C1(c2ccc(F)cc2)CCCC1)[C@@H]1CCS(=O)(=O)C1. The maximum Gasteiger partial charge on any atom is 0.317 e. The summed E-state index contributed by atoms with van der Waals surface area (Å²) in [5.74, 6) is -1.25. The Kier molecular flexibility index (Phi) is 5.55. The van der Waals surface area contributed by atoms with Crippen LogP contribution in [0.3, 0.4) is 0 Å². The molecule has 0 unspecified atom stereocenters. The molecule has 1 saturated heterocycles. The van der Waals surface area contributed by atoms with Crippen LogP contribution in [0.4, 0.5) is 4.39 Å². The highest BCUT2D eigenvalue weighted by Gasteiger charge is 2.44. The third-order valence-corrected chi connectivity index (χ3v) is 7.47. The first kappa shape index (κ1) is 19.8. The Labute approximate surface area is 158 Å². The van der Waals surface area contributed by atoms with Crippen LogP contribution >= 0.6 is 0 Å². The zero-order valence-corrected chi connectivity index (χ0v) is 16.1. The maximum atomic E-state index is 13.2. The van der Waals surface area contributed by atoms with E-state index in [0.29, 0.717) is 24.8 Å². The molecular weight excluding hydrogens is 373 g/mol. The Hall–Kier alpha value is -1.96. The molecular formula is C19H24FNO5S. The molecule has 0 spiro atoms. The summed E-state index contributed by atoms with van der Waals surface area (Å²) in [7, 11) is -1.57. The van der Waals surface area contributed by atoms with Gasteiger partial charge in [-0.05, 0) is 37.0 Å². The van der Waals surface area contributed by atoms with E-state index in [0.717, 1.165) is 12.8 Å². The van der Waals surface area contributed by atoms with Gasteiger partial charge in [0, 0.05) is 13.1 Å². The van der Waals surface area contributed by atoms with Gasteiger partial charge in [0.25, 0.3) is 5.91 Å². The van der Waals surface area contributed by atoms with E-state index in [-0.39, 0.29) is 23.4 Å². The lowest BCUT2D eigenvalue weighted by Crippen LogP contribution is -2.42. The van der Waals surface area contributed by atoms with E-state index in [9.17, 15) is 22.4 Å². The van der Waals surface area contributed by atoms with Crippen molar-refractivity contribution in [3.63, 3.8) is 0 Å². The zero-order chi connectivity index (χ0) is 19.7. The molecule has 6 nitrogen and oxygen atoms in total. The minimum atomic E-state index is -3.10. The standard InChI is InChI=1S/C19H24FNO5S/c1-21(16-8-11-27(24,25)13-16)17(22)12-26-18(23)19(9-2-3-10-19)14-4-6-15(20)7-5-14/h4-7,16H,2-3,8-13H2,1H3/t16-/m1/s1. The van der Waals surface area contributed by atoms with Gasteiger partial charge in [-0.3, -0.25) is 9.59 Å². The van der Waals surface area contributed by atoms with E-state index in [4.69, 9.17) is 4.74 Å². The Bertz CT molecular complexity index is 815. The van der Waals surface area contributed by atoms with Crippen LogP contribution in [0.15, 0.2) is 24.3 Å². The van der Waals surface area contributed by atoms with E-state index in [2.05, 4.69) is 0 Å². The van der Waals surface area contributed by atoms with Gasteiger partial charge in [-0.15, -0.1) is 0 Å². The summed E-state index contributed by atoms with van der Waals surface area (Å²) in [6, 6.07) is 5.46. The molecule has 0 N–H and O–H groups in total. The molecule has 8 heteroatoms. The van der Waals surface area contributed by atoms with Crippen molar-refractivity contribution in [2.75, 3.05) is 25.2 Å². The summed E-state index contributed by atoms with van der Waals surface area (Å²) in [4.78, 5) is 26.5. The predicted octanol–water partition coefficient (Wildman–Crippen LogP) is 1.83. The van der Waals surface area contributed by atoms with E-state index in [1.54, 1.807) is 12.1 Å². The number of ether oxygens (including phenoxy) is 1. The van der Waals surface area contributed by atoms with Crippen LogP contribution in [0, 0.1) is 5.82 Å². The predicted molar refractivity (Wildman–Crippen MR) is 97.3 cm³/mol. The molecule has 2 aliphatic rings. The molecule has 1 aliphatic heterocycles. The number of sulfone groups is 1. The first-order valence-corrected chi connectivity index (χ1v) is 10.9. The normalized spacial score (nSPS) is 23.1. The molecule has 1 saturated carbocycles. The number of carbonyl (C=O) groups is 2. The molecule has 1 aromatic carbocycles. The van der Waals surface area contributed by atoms with Gasteiger partial charge in [0.2, 0.25) is 0 Å². The summed E-state index contributed by atoms with van der Waals surface area (Å²) in [5.41, 5.74) is -0.141. The number of hydrogen-bond donors (Lipinski definition) is 0. The average molecular weight is 397 g/mol. The fourth-order valence-corrected chi connectivity index (χ4v) is 5.78. The van der Waals surface area contributed by atoms with Gasteiger partial charge in [-0.1, -0.05) is 25.0 Å². The quantitative estimate of drug-likeness (QED) is 0.708. The fourth-order valence-electron chi connectivity index (χ4n) is 4.01. The molecule has 148 valence electrons. The van der Waals surface area contributed by atoms with Crippen molar-refractivity contribution in [2.45, 2.75) is 43.6 Å². The third-order valence-electron chi connectivity index (χ3n) is 5.72. The maximum absolute atomic E-state index is 13.2. The van der Waals surface area contributed by atoms with E-state index in [1.807, 2.05) is 0 Å². The molecule has 1 aliphatic carbocycles. The highest BCUT2D eigenvalue weighted by atomic mass is 32.2. The Morgan fingerprint density at radius 3 is 2.41 bits per heavy atom. The lowest BCUT2D eigenvalue weighted by atomic mass is 9.79.